The fourth-order valence-corrected chi connectivity index (χ4v) is 14.5. The number of ether oxygens (including phenoxy) is 7. The van der Waals surface area contributed by atoms with Crippen LogP contribution in [0, 0.1) is 29.6 Å². The number of thiocarbonyl (C=S) groups is 1. The molecule has 0 N–H and O–H groups in total. The Hall–Kier alpha value is -2.29. The first kappa shape index (κ1) is 61.6. The first-order valence-corrected chi connectivity index (χ1v) is 33.7. The van der Waals surface area contributed by atoms with E-state index in [0.717, 1.165) is 30.4 Å². The van der Waals surface area contributed by atoms with Crippen molar-refractivity contribution in [3.05, 3.63) is 36.0 Å². The average Bonchev–Trinajstić information content (AvgIpc) is 3.64. The molecule has 2 bridgehead atoms. The Morgan fingerprint density at radius 2 is 1.42 bits per heavy atom. The second-order valence-electron chi connectivity index (χ2n) is 25.5. The molecule has 0 radical (unpaired) electrons. The van der Waals surface area contributed by atoms with Crippen molar-refractivity contribution >= 4 is 51.7 Å². The van der Waals surface area contributed by atoms with E-state index >= 15 is 9.59 Å². The lowest BCUT2D eigenvalue weighted by Crippen LogP contribution is -2.65. The maximum atomic E-state index is 15.3. The van der Waals surface area contributed by atoms with E-state index < -0.39 is 88.6 Å². The van der Waals surface area contributed by atoms with Gasteiger partial charge in [-0.1, -0.05) is 86.1 Å². The number of carbonyl (C=O) groups excluding carboxylic acids is 3. The highest BCUT2D eigenvalue weighted by molar-refractivity contribution is 7.79. The highest BCUT2D eigenvalue weighted by Crippen LogP contribution is 2.47. The molecule has 1 saturated carbocycles. The van der Waals surface area contributed by atoms with Gasteiger partial charge in [-0.05, 0) is 132 Å². The molecule has 0 aromatic heterocycles. The van der Waals surface area contributed by atoms with Crippen LogP contribution in [0.3, 0.4) is 0 Å². The third-order valence-electron chi connectivity index (χ3n) is 17.9. The van der Waals surface area contributed by atoms with Crippen molar-refractivity contribution in [1.82, 2.24) is 4.90 Å². The number of nitrogens with zero attached hydrogens (tertiary/aromatic N) is 1. The van der Waals surface area contributed by atoms with Crippen molar-refractivity contribution in [1.29, 1.82) is 0 Å². The summed E-state index contributed by atoms with van der Waals surface area (Å²) in [6.45, 7) is 37.0. The van der Waals surface area contributed by atoms with Gasteiger partial charge in [0.2, 0.25) is 6.10 Å². The molecule has 4 fully saturated rings. The SMILES string of the molecule is C=CC[C@@H]1/C=C(\C)C[C@H](C)C[C@H](OC)[C@H]2O[C@]3(OC(=S)O[C@H]3C(=O)N3CCCC[C@H]3C(=O)O[C@H](/C(C)=C/[C@@H]3CC[C@@H](O[Si](C)(C)C(C)(C)C)[C@H](OC)C3)[C@H](C)[C@@H](O[Si](C)(C)C(C)(C)C)CC1=O)[C@H](C)C[C@@H]2OC. The predicted molar refractivity (Wildman–Crippen MR) is 296 cm³/mol. The van der Waals surface area contributed by atoms with E-state index in [9.17, 15) is 4.79 Å². The number of fused-ring (bicyclic) bond motifs is 2. The predicted octanol–water partition coefficient (Wildman–Crippen LogP) is 11.8. The molecular weight excluding hydrogens is 979 g/mol. The maximum Gasteiger partial charge on any atom is 0.356 e. The molecule has 15 atom stereocenters. The summed E-state index contributed by atoms with van der Waals surface area (Å²) < 4.78 is 59.3. The van der Waals surface area contributed by atoms with Crippen LogP contribution in [0.1, 0.15) is 147 Å². The third-order valence-corrected chi connectivity index (χ3v) is 27.1. The van der Waals surface area contributed by atoms with E-state index in [1.54, 1.807) is 26.2 Å². The Morgan fingerprint density at radius 3 is 2.01 bits per heavy atom. The zero-order valence-corrected chi connectivity index (χ0v) is 51.1. The van der Waals surface area contributed by atoms with Crippen molar-refractivity contribution in [2.45, 2.75) is 244 Å². The molecule has 13 nitrogen and oxygen atoms in total. The molecule has 4 aliphatic heterocycles. The van der Waals surface area contributed by atoms with Gasteiger partial charge >= 0.3 is 11.2 Å². The van der Waals surface area contributed by atoms with Gasteiger partial charge in [0, 0.05) is 64.3 Å². The van der Waals surface area contributed by atoms with Crippen molar-refractivity contribution in [3.8, 4) is 0 Å². The fraction of sp³-hybridized carbons (Fsp3) is 0.825. The second-order valence-corrected chi connectivity index (χ2v) is 35.4. The number of methoxy groups -OCH3 is 3. The smallest absolute Gasteiger partial charge is 0.356 e. The van der Waals surface area contributed by atoms with E-state index in [0.29, 0.717) is 51.5 Å². The number of hydrogen-bond donors (Lipinski definition) is 0. The summed E-state index contributed by atoms with van der Waals surface area (Å²) >= 11 is 5.59. The molecule has 4 heterocycles. The Balaban J connectivity index is 1.65. The monoisotopic (exact) mass is 1080 g/mol. The van der Waals surface area contributed by atoms with Crippen molar-refractivity contribution in [2.75, 3.05) is 27.9 Å². The van der Waals surface area contributed by atoms with Crippen LogP contribution in [0.15, 0.2) is 36.0 Å². The Bertz CT molecular complexity index is 2000. The minimum Gasteiger partial charge on any atom is -0.456 e. The highest BCUT2D eigenvalue weighted by atomic mass is 32.1. The van der Waals surface area contributed by atoms with Crippen LogP contribution in [0.25, 0.3) is 0 Å². The normalized spacial score (nSPS) is 37.2. The Morgan fingerprint density at radius 1 is 0.822 bits per heavy atom. The van der Waals surface area contributed by atoms with Crippen LogP contribution in [-0.2, 0) is 56.4 Å². The molecule has 0 aromatic carbocycles. The molecule has 0 aromatic rings. The van der Waals surface area contributed by atoms with Crippen LogP contribution in [0.4, 0.5) is 0 Å². The van der Waals surface area contributed by atoms with Gasteiger partial charge in [0.25, 0.3) is 11.7 Å². The number of carbonyl (C=O) groups is 3. The van der Waals surface area contributed by atoms with Crippen molar-refractivity contribution in [2.24, 2.45) is 29.6 Å². The lowest BCUT2D eigenvalue weighted by atomic mass is 9.81. The lowest BCUT2D eigenvalue weighted by molar-refractivity contribution is -0.315. The number of allylic oxidation sites excluding steroid dienone is 4. The summed E-state index contributed by atoms with van der Waals surface area (Å²) in [5.41, 5.74) is 1.94. The van der Waals surface area contributed by atoms with E-state index in [4.69, 9.17) is 54.2 Å². The highest BCUT2D eigenvalue weighted by Gasteiger charge is 2.65. The number of Topliss-reactive ketones (excluding diaryl/α,β-unsaturated/α-hetero) is 1. The van der Waals surface area contributed by atoms with Crippen molar-refractivity contribution in [3.63, 3.8) is 0 Å². The second kappa shape index (κ2) is 25.0. The summed E-state index contributed by atoms with van der Waals surface area (Å²) in [6.07, 6.45) is 8.40. The van der Waals surface area contributed by atoms with Gasteiger partial charge in [-0.25, -0.2) is 4.79 Å². The minimum absolute atomic E-state index is 0.0205. The maximum absolute atomic E-state index is 15.3. The van der Waals surface area contributed by atoms with Crippen LogP contribution in [0.5, 0.6) is 0 Å². The summed E-state index contributed by atoms with van der Waals surface area (Å²) in [5, 5.41) is -0.309. The molecule has 5 rings (SSSR count). The molecule has 0 unspecified atom stereocenters. The van der Waals surface area contributed by atoms with Gasteiger partial charge in [0.1, 0.15) is 24.0 Å². The number of cyclic esters (lactones) is 1. The number of esters is 1. The topological polar surface area (TPSA) is 138 Å². The Labute approximate surface area is 448 Å². The molecule has 5 aliphatic rings. The van der Waals surface area contributed by atoms with Gasteiger partial charge in [0.15, 0.2) is 16.6 Å². The van der Waals surface area contributed by atoms with E-state index in [1.165, 1.54) is 0 Å². The number of amides is 1. The van der Waals surface area contributed by atoms with Gasteiger partial charge in [-0.15, -0.1) is 6.58 Å². The molecule has 1 amide bonds. The third kappa shape index (κ3) is 14.5. The molecule has 1 aliphatic carbocycles. The number of rotatable bonds is 11. The van der Waals surface area contributed by atoms with E-state index in [2.05, 4.69) is 107 Å². The van der Waals surface area contributed by atoms with E-state index in [-0.39, 0.29) is 57.7 Å². The van der Waals surface area contributed by atoms with Gasteiger partial charge in [-0.3, -0.25) is 9.59 Å². The van der Waals surface area contributed by atoms with Crippen LogP contribution in [-0.4, -0.2) is 133 Å². The molecule has 16 heteroatoms. The molecule has 1 spiro atoms. The first-order valence-electron chi connectivity index (χ1n) is 27.5. The molecular formula is C57H97NO12SSi2. The van der Waals surface area contributed by atoms with Gasteiger partial charge in [-0.2, -0.15) is 0 Å². The number of ketones is 1. The molecule has 3 saturated heterocycles. The Kier molecular flexibility index (Phi) is 21.1. The van der Waals surface area contributed by atoms with Crippen LogP contribution >= 0.6 is 12.2 Å². The van der Waals surface area contributed by atoms with Gasteiger partial charge < -0.3 is 46.9 Å². The standard InChI is InChI=1S/C57H97NO12SSi2/c1-20-23-41-29-35(2)28-36(3)30-47(63-14)50-48(64-15)32-38(5)57(67-50)51(66-54(71)68-57)52(60)58-27-22-21-24-42(58)53(61)65-49(39(6)45(34-43(41)59)70-73(18,19)56(10,11)12)37(4)31-40-25-26-44(46(33-40)62-13)69-72(16,17)55(7,8)9/h20,29,31,36,38-42,44-51H,1,21-28,30,32-34H2,2-19H3/b35-29+,37-31+/t36-,38+,39+,40-,41+,42-,44+,45-,46+,47-,48-,49+,50+,51-,57-/m0/s1. The van der Waals surface area contributed by atoms with Crippen LogP contribution in [0.2, 0.25) is 36.3 Å². The fourth-order valence-electron chi connectivity index (χ4n) is 11.5. The molecule has 416 valence electrons. The van der Waals surface area contributed by atoms with E-state index in [1.807, 2.05) is 19.9 Å². The quantitative estimate of drug-likeness (QED) is 0.0841. The van der Waals surface area contributed by atoms with Gasteiger partial charge in [0.05, 0.1) is 30.5 Å². The largest absolute Gasteiger partial charge is 0.456 e. The summed E-state index contributed by atoms with van der Waals surface area (Å²) in [6, 6.07) is -0.936. The van der Waals surface area contributed by atoms with Crippen LogP contribution < -0.4 is 0 Å². The number of hydrogen-bond acceptors (Lipinski definition) is 13. The minimum atomic E-state index is -2.54. The zero-order chi connectivity index (χ0) is 54.6. The number of piperidine rings is 1. The summed E-state index contributed by atoms with van der Waals surface area (Å²) in [4.78, 5) is 47.2. The first-order chi connectivity index (χ1) is 33.9. The molecule has 73 heavy (non-hydrogen) atoms. The van der Waals surface area contributed by atoms with Crippen molar-refractivity contribution < 1.29 is 56.4 Å². The zero-order valence-electron chi connectivity index (χ0n) is 48.3. The lowest BCUT2D eigenvalue weighted by Gasteiger charge is -2.48. The average molecular weight is 1080 g/mol. The summed E-state index contributed by atoms with van der Waals surface area (Å²) in [5.74, 6) is -3.63. The summed E-state index contributed by atoms with van der Waals surface area (Å²) in [7, 11) is 0.456.